The first kappa shape index (κ1) is 33.4. The van der Waals surface area contributed by atoms with Crippen molar-refractivity contribution in [2.45, 2.75) is 108 Å². The Hall–Kier alpha value is -4.05. The zero-order valence-corrected chi connectivity index (χ0v) is 29.3. The third-order valence-electron chi connectivity index (χ3n) is 11.6. The van der Waals surface area contributed by atoms with E-state index in [-0.39, 0.29) is 17.7 Å². The van der Waals surface area contributed by atoms with Crippen molar-refractivity contribution >= 4 is 34.5 Å². The maximum absolute atomic E-state index is 14.8. The number of fused-ring (bicyclic) bond motifs is 1. The van der Waals surface area contributed by atoms with Crippen molar-refractivity contribution in [2.24, 2.45) is 16.8 Å². The lowest BCUT2D eigenvalue weighted by Gasteiger charge is -2.52. The summed E-state index contributed by atoms with van der Waals surface area (Å²) in [5, 5.41) is 1.95. The number of unbranched alkanes of at least 4 members (excludes halogenated alkanes) is 13. The second-order valence-corrected chi connectivity index (χ2v) is 14.7. The van der Waals surface area contributed by atoms with Crippen LogP contribution in [0.2, 0.25) is 0 Å². The van der Waals surface area contributed by atoms with E-state index in [1.807, 2.05) is 42.5 Å². The van der Waals surface area contributed by atoms with Gasteiger partial charge in [0.1, 0.15) is 0 Å². The molecule has 254 valence electrons. The summed E-state index contributed by atoms with van der Waals surface area (Å²) < 4.78 is 0. The SMILES string of the molecule is CCCCCCCCCCCCCCCCN=CC12c3ccccc3C(c3ccccc31)[C@H]1C(=O)N(c3cccc4ccccc34)C(=O)[C@@H]12. The highest BCUT2D eigenvalue weighted by atomic mass is 16.2. The highest BCUT2D eigenvalue weighted by Crippen LogP contribution is 2.63. The minimum atomic E-state index is -0.783. The molecule has 2 amide bonds. The van der Waals surface area contributed by atoms with Crippen molar-refractivity contribution in [3.05, 3.63) is 113 Å². The van der Waals surface area contributed by atoms with Gasteiger partial charge in [-0.3, -0.25) is 14.6 Å². The molecule has 2 bridgehead atoms. The van der Waals surface area contributed by atoms with Gasteiger partial charge in [0.15, 0.2) is 0 Å². The molecule has 4 aliphatic rings. The molecular formula is C45H52N2O2. The molecule has 1 fully saturated rings. The Balaban J connectivity index is 1.06. The Morgan fingerprint density at radius 3 is 1.78 bits per heavy atom. The Kier molecular flexibility index (Phi) is 10.4. The van der Waals surface area contributed by atoms with Gasteiger partial charge in [0.05, 0.1) is 22.9 Å². The molecule has 4 nitrogen and oxygen atoms in total. The van der Waals surface area contributed by atoms with E-state index < -0.39 is 17.3 Å². The number of amides is 2. The van der Waals surface area contributed by atoms with Crippen molar-refractivity contribution in [3.63, 3.8) is 0 Å². The van der Waals surface area contributed by atoms with Crippen LogP contribution in [-0.4, -0.2) is 24.6 Å². The van der Waals surface area contributed by atoms with Crippen molar-refractivity contribution in [1.82, 2.24) is 0 Å². The lowest BCUT2D eigenvalue weighted by molar-refractivity contribution is -0.122. The molecule has 0 N–H and O–H groups in total. The summed E-state index contributed by atoms with van der Waals surface area (Å²) in [4.78, 5) is 36.1. The van der Waals surface area contributed by atoms with Crippen LogP contribution in [0.4, 0.5) is 5.69 Å². The number of rotatable bonds is 17. The smallest absolute Gasteiger partial charge is 0.239 e. The summed E-state index contributed by atoms with van der Waals surface area (Å²) in [7, 11) is 0. The van der Waals surface area contributed by atoms with Crippen LogP contribution in [0.25, 0.3) is 10.8 Å². The van der Waals surface area contributed by atoms with Gasteiger partial charge in [-0.05, 0) is 40.1 Å². The van der Waals surface area contributed by atoms with Crippen LogP contribution < -0.4 is 4.90 Å². The third-order valence-corrected chi connectivity index (χ3v) is 11.6. The Bertz CT molecular complexity index is 1750. The van der Waals surface area contributed by atoms with Gasteiger partial charge in [-0.25, -0.2) is 4.90 Å². The van der Waals surface area contributed by atoms with Crippen molar-refractivity contribution < 1.29 is 9.59 Å². The highest BCUT2D eigenvalue weighted by Gasteiger charge is 2.68. The molecule has 49 heavy (non-hydrogen) atoms. The fourth-order valence-corrected chi connectivity index (χ4v) is 9.30. The van der Waals surface area contributed by atoms with Crippen LogP contribution in [0.1, 0.15) is 125 Å². The predicted octanol–water partition coefficient (Wildman–Crippen LogP) is 10.9. The zero-order valence-electron chi connectivity index (χ0n) is 29.3. The summed E-state index contributed by atoms with van der Waals surface area (Å²) in [6.45, 7) is 3.02. The molecule has 4 aromatic carbocycles. The number of hydrogen-bond donors (Lipinski definition) is 0. The van der Waals surface area contributed by atoms with E-state index >= 15 is 0 Å². The number of imide groups is 1. The number of aliphatic imine (C=N–C) groups is 1. The second kappa shape index (κ2) is 15.2. The van der Waals surface area contributed by atoms with E-state index in [4.69, 9.17) is 4.99 Å². The van der Waals surface area contributed by atoms with E-state index in [1.165, 1.54) is 88.4 Å². The number of hydrogen-bond acceptors (Lipinski definition) is 3. The summed E-state index contributed by atoms with van der Waals surface area (Å²) >= 11 is 0. The normalized spacial score (nSPS) is 22.2. The van der Waals surface area contributed by atoms with Crippen molar-refractivity contribution in [2.75, 3.05) is 11.4 Å². The van der Waals surface area contributed by atoms with Crippen LogP contribution in [0, 0.1) is 11.8 Å². The minimum Gasteiger partial charge on any atom is -0.296 e. The van der Waals surface area contributed by atoms with Gasteiger partial charge >= 0.3 is 0 Å². The largest absolute Gasteiger partial charge is 0.296 e. The molecule has 0 unspecified atom stereocenters. The molecule has 0 radical (unpaired) electrons. The lowest BCUT2D eigenvalue weighted by Crippen LogP contribution is -2.54. The van der Waals surface area contributed by atoms with Gasteiger partial charge < -0.3 is 0 Å². The molecule has 1 aliphatic heterocycles. The molecule has 4 aromatic rings. The van der Waals surface area contributed by atoms with E-state index in [0.29, 0.717) is 5.69 Å². The van der Waals surface area contributed by atoms with Gasteiger partial charge in [-0.15, -0.1) is 0 Å². The van der Waals surface area contributed by atoms with Crippen molar-refractivity contribution in [1.29, 1.82) is 0 Å². The molecule has 2 atom stereocenters. The topological polar surface area (TPSA) is 49.7 Å². The van der Waals surface area contributed by atoms with Crippen LogP contribution in [-0.2, 0) is 15.0 Å². The summed E-state index contributed by atoms with van der Waals surface area (Å²) in [6, 6.07) is 30.9. The summed E-state index contributed by atoms with van der Waals surface area (Å²) in [5.74, 6) is -1.36. The number of benzene rings is 4. The van der Waals surface area contributed by atoms with Gasteiger partial charge in [0.25, 0.3) is 0 Å². The van der Waals surface area contributed by atoms with Gasteiger partial charge in [0, 0.05) is 24.1 Å². The average Bonchev–Trinajstić information content (AvgIpc) is 3.41. The first-order valence-corrected chi connectivity index (χ1v) is 19.2. The fraction of sp³-hybridized carbons (Fsp3) is 0.444. The Morgan fingerprint density at radius 1 is 0.612 bits per heavy atom. The third kappa shape index (κ3) is 6.17. The Labute approximate surface area is 293 Å². The zero-order chi connectivity index (χ0) is 33.6. The lowest BCUT2D eigenvalue weighted by atomic mass is 9.47. The highest BCUT2D eigenvalue weighted by molar-refractivity contribution is 6.27. The second-order valence-electron chi connectivity index (χ2n) is 14.7. The molecule has 4 heteroatoms. The van der Waals surface area contributed by atoms with E-state index in [0.717, 1.165) is 46.0 Å². The molecule has 1 heterocycles. The molecule has 0 saturated carbocycles. The number of carbonyl (C=O) groups is 2. The minimum absolute atomic E-state index is 0.0925. The number of anilines is 1. The van der Waals surface area contributed by atoms with Crippen LogP contribution in [0.15, 0.2) is 96.0 Å². The number of nitrogens with zero attached hydrogens (tertiary/aromatic N) is 2. The molecule has 0 spiro atoms. The molecule has 8 rings (SSSR count). The van der Waals surface area contributed by atoms with Crippen LogP contribution >= 0.6 is 0 Å². The maximum atomic E-state index is 14.8. The van der Waals surface area contributed by atoms with E-state index in [1.54, 1.807) is 0 Å². The predicted molar refractivity (Wildman–Crippen MR) is 203 cm³/mol. The quantitative estimate of drug-likeness (QED) is 0.0647. The standard InChI is InChI=1S/C45H52N2O2/c1-2-3-4-5-6-7-8-9-10-11-12-13-14-21-31-46-32-45-37-28-19-17-26-35(37)40(36-27-18-20-29-38(36)45)41-42(45)44(49)47(43(41)48)39-30-22-24-33-23-15-16-25-34(33)39/h15-20,22-30,32,40-42H,2-14,21,31H2,1H3/t40?,41-,42-,45?/m1/s1. The van der Waals surface area contributed by atoms with Crippen molar-refractivity contribution in [3.8, 4) is 0 Å². The number of carbonyl (C=O) groups excluding carboxylic acids is 2. The average molecular weight is 653 g/mol. The molecule has 3 aliphatic carbocycles. The summed E-state index contributed by atoms with van der Waals surface area (Å²) in [6.07, 6.45) is 20.7. The van der Waals surface area contributed by atoms with Crippen LogP contribution in [0.5, 0.6) is 0 Å². The van der Waals surface area contributed by atoms with Gasteiger partial charge in [-0.1, -0.05) is 175 Å². The maximum Gasteiger partial charge on any atom is 0.239 e. The van der Waals surface area contributed by atoms with Crippen LogP contribution in [0.3, 0.4) is 0 Å². The first-order chi connectivity index (χ1) is 24.2. The molecule has 0 aromatic heterocycles. The van der Waals surface area contributed by atoms with Gasteiger partial charge in [0.2, 0.25) is 11.8 Å². The Morgan fingerprint density at radius 2 is 1.14 bits per heavy atom. The monoisotopic (exact) mass is 652 g/mol. The molecule has 1 saturated heterocycles. The molecular weight excluding hydrogens is 601 g/mol. The van der Waals surface area contributed by atoms with E-state index in [2.05, 4.69) is 61.7 Å². The van der Waals surface area contributed by atoms with E-state index in [9.17, 15) is 9.59 Å². The van der Waals surface area contributed by atoms with Gasteiger partial charge in [-0.2, -0.15) is 0 Å². The summed E-state index contributed by atoms with van der Waals surface area (Å²) in [5.41, 5.74) is 4.48. The first-order valence-electron chi connectivity index (χ1n) is 19.2. The fourth-order valence-electron chi connectivity index (χ4n) is 9.30.